The SMILES string of the molecule is COCCOc1ccc(C(=O)NCC(N2CCNCC2)C(F)(F)F)cc1. The molecule has 0 aromatic heterocycles. The van der Waals surface area contributed by atoms with Gasteiger partial charge >= 0.3 is 6.18 Å². The number of hydrogen-bond acceptors (Lipinski definition) is 5. The Morgan fingerprint density at radius 3 is 2.46 bits per heavy atom. The van der Waals surface area contributed by atoms with E-state index in [4.69, 9.17) is 9.47 Å². The molecule has 1 atom stereocenters. The molecule has 1 amide bonds. The molecule has 9 heteroatoms. The van der Waals surface area contributed by atoms with Gasteiger partial charge in [-0.3, -0.25) is 9.69 Å². The molecular weight excluding hydrogens is 351 g/mol. The molecule has 6 nitrogen and oxygen atoms in total. The van der Waals surface area contributed by atoms with Gasteiger partial charge in [0.2, 0.25) is 0 Å². The van der Waals surface area contributed by atoms with Crippen LogP contribution in [0.25, 0.3) is 0 Å². The van der Waals surface area contributed by atoms with Gasteiger partial charge in [0.05, 0.1) is 6.61 Å². The summed E-state index contributed by atoms with van der Waals surface area (Å²) in [4.78, 5) is 13.5. The Morgan fingerprint density at radius 1 is 1.23 bits per heavy atom. The second kappa shape index (κ2) is 9.75. The molecule has 0 radical (unpaired) electrons. The molecule has 1 saturated heterocycles. The largest absolute Gasteiger partial charge is 0.491 e. The molecule has 1 aromatic carbocycles. The van der Waals surface area contributed by atoms with Crippen LogP contribution in [0.5, 0.6) is 5.75 Å². The first kappa shape index (κ1) is 20.5. The molecule has 2 N–H and O–H groups in total. The Hall–Kier alpha value is -1.84. The zero-order valence-electron chi connectivity index (χ0n) is 14.6. The average molecular weight is 375 g/mol. The number of piperazine rings is 1. The summed E-state index contributed by atoms with van der Waals surface area (Å²) in [5.41, 5.74) is 0.283. The minimum Gasteiger partial charge on any atom is -0.491 e. The molecule has 0 saturated carbocycles. The van der Waals surface area contributed by atoms with Gasteiger partial charge in [-0.05, 0) is 24.3 Å². The van der Waals surface area contributed by atoms with Crippen molar-refractivity contribution in [3.63, 3.8) is 0 Å². The number of benzene rings is 1. The molecule has 0 bridgehead atoms. The highest BCUT2D eigenvalue weighted by atomic mass is 19.4. The maximum atomic E-state index is 13.3. The highest BCUT2D eigenvalue weighted by Crippen LogP contribution is 2.25. The lowest BCUT2D eigenvalue weighted by molar-refractivity contribution is -0.183. The van der Waals surface area contributed by atoms with E-state index in [9.17, 15) is 18.0 Å². The van der Waals surface area contributed by atoms with Crippen molar-refractivity contribution in [1.82, 2.24) is 15.5 Å². The molecule has 0 aliphatic carbocycles. The van der Waals surface area contributed by atoms with Crippen LogP contribution in [0.15, 0.2) is 24.3 Å². The summed E-state index contributed by atoms with van der Waals surface area (Å²) in [6.07, 6.45) is -4.40. The van der Waals surface area contributed by atoms with Gasteiger partial charge in [-0.25, -0.2) is 0 Å². The number of nitrogens with one attached hydrogen (secondary N) is 2. The van der Waals surface area contributed by atoms with Crippen molar-refractivity contribution in [3.05, 3.63) is 29.8 Å². The molecule has 1 aliphatic rings. The normalized spacial score (nSPS) is 16.9. The topological polar surface area (TPSA) is 62.8 Å². The highest BCUT2D eigenvalue weighted by Gasteiger charge is 2.43. The minimum absolute atomic E-state index is 0.283. The second-order valence-corrected chi connectivity index (χ2v) is 5.92. The Balaban J connectivity index is 1.90. The first-order valence-corrected chi connectivity index (χ1v) is 8.43. The van der Waals surface area contributed by atoms with Crippen molar-refractivity contribution < 1.29 is 27.4 Å². The van der Waals surface area contributed by atoms with Gasteiger partial charge in [0.25, 0.3) is 5.91 Å². The fourth-order valence-electron chi connectivity index (χ4n) is 2.68. The maximum absolute atomic E-state index is 13.3. The van der Waals surface area contributed by atoms with Crippen LogP contribution in [-0.2, 0) is 4.74 Å². The monoisotopic (exact) mass is 375 g/mol. The third-order valence-electron chi connectivity index (χ3n) is 4.10. The molecule has 1 aliphatic heterocycles. The van der Waals surface area contributed by atoms with Crippen molar-refractivity contribution in [2.75, 3.05) is 53.0 Å². The number of carbonyl (C=O) groups excluding carboxylic acids is 1. The summed E-state index contributed by atoms with van der Waals surface area (Å²) in [6.45, 7) is 1.94. The number of carbonyl (C=O) groups is 1. The standard InChI is InChI=1S/C17H24F3N3O3/c1-25-10-11-26-14-4-2-13(3-5-14)16(24)22-12-15(17(18,19)20)23-8-6-21-7-9-23/h2-5,15,21H,6-12H2,1H3,(H,22,24). The van der Waals surface area contributed by atoms with E-state index in [2.05, 4.69) is 10.6 Å². The van der Waals surface area contributed by atoms with Crippen LogP contribution in [0.2, 0.25) is 0 Å². The van der Waals surface area contributed by atoms with Crippen molar-refractivity contribution in [3.8, 4) is 5.75 Å². The lowest BCUT2D eigenvalue weighted by Crippen LogP contribution is -2.57. The maximum Gasteiger partial charge on any atom is 0.405 e. The summed E-state index contributed by atoms with van der Waals surface area (Å²) in [7, 11) is 1.56. The van der Waals surface area contributed by atoms with Crippen LogP contribution < -0.4 is 15.4 Å². The predicted octanol–water partition coefficient (Wildman–Crippen LogP) is 1.28. The summed E-state index contributed by atoms with van der Waals surface area (Å²) in [5.74, 6) is 0.0189. The van der Waals surface area contributed by atoms with E-state index in [0.717, 1.165) is 0 Å². The quantitative estimate of drug-likeness (QED) is 0.671. The lowest BCUT2D eigenvalue weighted by atomic mass is 10.1. The average Bonchev–Trinajstić information content (AvgIpc) is 2.62. The number of halogens is 3. The summed E-state index contributed by atoms with van der Waals surface area (Å²) in [5, 5.41) is 5.41. The molecule has 1 fully saturated rings. The van der Waals surface area contributed by atoms with Crippen LogP contribution in [0.4, 0.5) is 13.2 Å². The van der Waals surface area contributed by atoms with Gasteiger partial charge in [-0.15, -0.1) is 0 Å². The molecule has 1 heterocycles. The molecule has 2 rings (SSSR count). The number of alkyl halides is 3. The third-order valence-corrected chi connectivity index (χ3v) is 4.10. The first-order valence-electron chi connectivity index (χ1n) is 8.43. The van der Waals surface area contributed by atoms with Crippen molar-refractivity contribution >= 4 is 5.91 Å². The van der Waals surface area contributed by atoms with E-state index in [1.54, 1.807) is 19.2 Å². The smallest absolute Gasteiger partial charge is 0.405 e. The van der Waals surface area contributed by atoms with Gasteiger partial charge in [0.1, 0.15) is 18.4 Å². The Morgan fingerprint density at radius 2 is 1.88 bits per heavy atom. The minimum atomic E-state index is -4.40. The molecule has 1 unspecified atom stereocenters. The second-order valence-electron chi connectivity index (χ2n) is 5.92. The number of hydrogen-bond donors (Lipinski definition) is 2. The van der Waals surface area contributed by atoms with E-state index in [1.807, 2.05) is 0 Å². The fourth-order valence-corrected chi connectivity index (χ4v) is 2.68. The Bertz CT molecular complexity index is 561. The molecular formula is C17H24F3N3O3. The van der Waals surface area contributed by atoms with E-state index in [-0.39, 0.29) is 5.56 Å². The van der Waals surface area contributed by atoms with Crippen molar-refractivity contribution in [2.24, 2.45) is 0 Å². The third kappa shape index (κ3) is 6.15. The number of ether oxygens (including phenoxy) is 2. The van der Waals surface area contributed by atoms with Crippen molar-refractivity contribution in [2.45, 2.75) is 12.2 Å². The first-order chi connectivity index (χ1) is 12.4. The van der Waals surface area contributed by atoms with Crippen LogP contribution in [0.3, 0.4) is 0 Å². The van der Waals surface area contributed by atoms with Crippen LogP contribution in [0, 0.1) is 0 Å². The van der Waals surface area contributed by atoms with Gasteiger partial charge in [-0.1, -0.05) is 0 Å². The molecule has 0 spiro atoms. The zero-order valence-corrected chi connectivity index (χ0v) is 14.6. The molecule has 26 heavy (non-hydrogen) atoms. The van der Waals surface area contributed by atoms with Crippen LogP contribution in [-0.4, -0.2) is 76.1 Å². The van der Waals surface area contributed by atoms with E-state index in [0.29, 0.717) is 45.1 Å². The van der Waals surface area contributed by atoms with E-state index in [1.165, 1.54) is 17.0 Å². The van der Waals surface area contributed by atoms with Gasteiger partial charge in [-0.2, -0.15) is 13.2 Å². The van der Waals surface area contributed by atoms with Crippen molar-refractivity contribution in [1.29, 1.82) is 0 Å². The predicted molar refractivity (Wildman–Crippen MR) is 90.4 cm³/mol. The van der Waals surface area contributed by atoms with Crippen LogP contribution in [0.1, 0.15) is 10.4 Å². The van der Waals surface area contributed by atoms with E-state index < -0.39 is 24.7 Å². The summed E-state index contributed by atoms with van der Waals surface area (Å²) < 4.78 is 50.2. The molecule has 146 valence electrons. The van der Waals surface area contributed by atoms with Gasteiger partial charge in [0, 0.05) is 45.4 Å². The zero-order chi connectivity index (χ0) is 19.0. The number of nitrogens with zero attached hydrogens (tertiary/aromatic N) is 1. The number of rotatable bonds is 8. The Kier molecular flexibility index (Phi) is 7.67. The fraction of sp³-hybridized carbons (Fsp3) is 0.588. The highest BCUT2D eigenvalue weighted by molar-refractivity contribution is 5.94. The Labute approximate surface area is 150 Å². The summed E-state index contributed by atoms with van der Waals surface area (Å²) in [6, 6.07) is 4.55. The summed E-state index contributed by atoms with van der Waals surface area (Å²) >= 11 is 0. The molecule has 1 aromatic rings. The number of amides is 1. The van der Waals surface area contributed by atoms with Gasteiger partial charge < -0.3 is 20.1 Å². The lowest BCUT2D eigenvalue weighted by Gasteiger charge is -2.35. The van der Waals surface area contributed by atoms with Gasteiger partial charge in [0.15, 0.2) is 0 Å². The van der Waals surface area contributed by atoms with Crippen LogP contribution >= 0.6 is 0 Å². The van der Waals surface area contributed by atoms with E-state index >= 15 is 0 Å². The number of methoxy groups -OCH3 is 1.